The first-order valence-corrected chi connectivity index (χ1v) is 8.96. The molecule has 1 saturated heterocycles. The number of thiazole rings is 1. The fourth-order valence-electron chi connectivity index (χ4n) is 2.87. The first-order valence-electron chi connectivity index (χ1n) is 8.09. The SMILES string of the molecule is N=C(N)c1ccc(-c2csc(NC[C@@H]3C[C@@H](CC(=O)O)C(=O)N3)n2)cc1. The van der Waals surface area contributed by atoms with E-state index in [1.54, 1.807) is 12.1 Å². The van der Waals surface area contributed by atoms with Gasteiger partial charge in [0, 0.05) is 29.1 Å². The smallest absolute Gasteiger partial charge is 0.304 e. The maximum absolute atomic E-state index is 11.8. The Morgan fingerprint density at radius 1 is 1.42 bits per heavy atom. The molecule has 1 aromatic heterocycles. The molecule has 1 amide bonds. The van der Waals surface area contributed by atoms with Crippen LogP contribution in [0.3, 0.4) is 0 Å². The molecule has 1 aromatic carbocycles. The Morgan fingerprint density at radius 3 is 2.81 bits per heavy atom. The highest BCUT2D eigenvalue weighted by molar-refractivity contribution is 7.14. The molecule has 1 fully saturated rings. The standard InChI is InChI=1S/C17H19N5O3S/c18-15(19)10-3-1-9(2-4-10)13-8-26-17(22-13)20-7-12-5-11(6-14(23)24)16(25)21-12/h1-4,8,11-12H,5-7H2,(H3,18,19)(H,20,22)(H,21,25)(H,23,24)/t11-,12-/m0/s1. The molecule has 6 N–H and O–H groups in total. The number of hydrogen-bond donors (Lipinski definition) is 5. The Morgan fingerprint density at radius 2 is 2.15 bits per heavy atom. The van der Waals surface area contributed by atoms with E-state index < -0.39 is 11.9 Å². The van der Waals surface area contributed by atoms with Crippen molar-refractivity contribution in [2.24, 2.45) is 11.7 Å². The Hall–Kier alpha value is -2.94. The fraction of sp³-hybridized carbons (Fsp3) is 0.294. The van der Waals surface area contributed by atoms with Gasteiger partial charge < -0.3 is 21.5 Å². The molecule has 26 heavy (non-hydrogen) atoms. The van der Waals surface area contributed by atoms with Gasteiger partial charge in [-0.05, 0) is 6.42 Å². The number of nitrogens with zero attached hydrogens (tertiary/aromatic N) is 1. The predicted molar refractivity (Wildman–Crippen MR) is 99.3 cm³/mol. The van der Waals surface area contributed by atoms with Gasteiger partial charge in [0.05, 0.1) is 18.0 Å². The fourth-order valence-corrected chi connectivity index (χ4v) is 3.60. The van der Waals surface area contributed by atoms with Gasteiger partial charge in [0.2, 0.25) is 5.91 Å². The molecule has 1 aliphatic rings. The van der Waals surface area contributed by atoms with Gasteiger partial charge in [0.15, 0.2) is 5.13 Å². The van der Waals surface area contributed by atoms with Gasteiger partial charge in [-0.3, -0.25) is 15.0 Å². The Bertz CT molecular complexity index is 833. The summed E-state index contributed by atoms with van der Waals surface area (Å²) in [6, 6.07) is 7.18. The third-order valence-electron chi connectivity index (χ3n) is 4.20. The lowest BCUT2D eigenvalue weighted by Gasteiger charge is -2.10. The Kier molecular flexibility index (Phi) is 5.17. The van der Waals surface area contributed by atoms with Crippen molar-refractivity contribution >= 4 is 34.2 Å². The van der Waals surface area contributed by atoms with E-state index in [1.165, 1.54) is 11.3 Å². The molecule has 0 spiro atoms. The summed E-state index contributed by atoms with van der Waals surface area (Å²) < 4.78 is 0. The van der Waals surface area contributed by atoms with E-state index in [9.17, 15) is 9.59 Å². The summed E-state index contributed by atoms with van der Waals surface area (Å²) in [4.78, 5) is 27.0. The normalized spacial score (nSPS) is 19.2. The zero-order valence-electron chi connectivity index (χ0n) is 13.9. The molecule has 2 atom stereocenters. The van der Waals surface area contributed by atoms with Crippen LogP contribution in [0.5, 0.6) is 0 Å². The van der Waals surface area contributed by atoms with Crippen LogP contribution in [0.4, 0.5) is 5.13 Å². The number of anilines is 1. The number of carboxylic acids is 1. The van der Waals surface area contributed by atoms with Crippen LogP contribution in [0.2, 0.25) is 0 Å². The van der Waals surface area contributed by atoms with Gasteiger partial charge >= 0.3 is 5.97 Å². The molecule has 2 aromatic rings. The van der Waals surface area contributed by atoms with Gasteiger partial charge in [-0.15, -0.1) is 11.3 Å². The molecule has 3 rings (SSSR count). The highest BCUT2D eigenvalue weighted by Gasteiger charge is 2.33. The quantitative estimate of drug-likeness (QED) is 0.368. The molecule has 9 heteroatoms. The first-order chi connectivity index (χ1) is 12.4. The number of aromatic nitrogens is 1. The summed E-state index contributed by atoms with van der Waals surface area (Å²) in [5.74, 6) is -1.60. The molecule has 0 saturated carbocycles. The second kappa shape index (κ2) is 7.52. The van der Waals surface area contributed by atoms with E-state index in [2.05, 4.69) is 15.6 Å². The summed E-state index contributed by atoms with van der Waals surface area (Å²) >= 11 is 1.45. The van der Waals surface area contributed by atoms with E-state index in [4.69, 9.17) is 16.2 Å². The number of carbonyl (C=O) groups excluding carboxylic acids is 1. The minimum absolute atomic E-state index is 0.0250. The number of hydrogen-bond acceptors (Lipinski definition) is 6. The van der Waals surface area contributed by atoms with Crippen LogP contribution < -0.4 is 16.4 Å². The number of amides is 1. The molecule has 0 unspecified atom stereocenters. The number of nitrogen functional groups attached to an aromatic ring is 1. The number of amidine groups is 1. The van der Waals surface area contributed by atoms with Crippen LogP contribution in [-0.2, 0) is 9.59 Å². The molecule has 136 valence electrons. The molecule has 0 aliphatic carbocycles. The average Bonchev–Trinajstić information content (AvgIpc) is 3.20. The van der Waals surface area contributed by atoms with E-state index >= 15 is 0 Å². The summed E-state index contributed by atoms with van der Waals surface area (Å²) in [5, 5.41) is 24.9. The van der Waals surface area contributed by atoms with Gasteiger partial charge in [-0.25, -0.2) is 4.98 Å². The van der Waals surface area contributed by atoms with Gasteiger partial charge in [0.25, 0.3) is 0 Å². The van der Waals surface area contributed by atoms with E-state index in [0.717, 1.165) is 16.4 Å². The molecule has 2 heterocycles. The van der Waals surface area contributed by atoms with Gasteiger partial charge in [0.1, 0.15) is 5.84 Å². The molecule has 0 bridgehead atoms. The highest BCUT2D eigenvalue weighted by atomic mass is 32.1. The predicted octanol–water partition coefficient (Wildman–Crippen LogP) is 1.49. The maximum Gasteiger partial charge on any atom is 0.304 e. The number of carboxylic acid groups (broad SMARTS) is 1. The van der Waals surface area contributed by atoms with Crippen molar-refractivity contribution in [1.82, 2.24) is 10.3 Å². The number of aliphatic carboxylic acids is 1. The largest absolute Gasteiger partial charge is 0.481 e. The molecular weight excluding hydrogens is 354 g/mol. The lowest BCUT2D eigenvalue weighted by molar-refractivity contribution is -0.140. The molecule has 1 aliphatic heterocycles. The molecular formula is C17H19N5O3S. The van der Waals surface area contributed by atoms with Crippen molar-refractivity contribution in [3.05, 3.63) is 35.2 Å². The Balaban J connectivity index is 1.56. The van der Waals surface area contributed by atoms with E-state index in [0.29, 0.717) is 18.5 Å². The van der Waals surface area contributed by atoms with Crippen LogP contribution in [0, 0.1) is 11.3 Å². The number of rotatable bonds is 7. The number of benzene rings is 1. The van der Waals surface area contributed by atoms with Crippen molar-refractivity contribution in [3.63, 3.8) is 0 Å². The van der Waals surface area contributed by atoms with Crippen LogP contribution in [-0.4, -0.2) is 40.4 Å². The third kappa shape index (κ3) is 4.17. The second-order valence-corrected chi connectivity index (χ2v) is 7.00. The minimum Gasteiger partial charge on any atom is -0.481 e. The summed E-state index contributed by atoms with van der Waals surface area (Å²) in [5.41, 5.74) is 7.85. The minimum atomic E-state index is -0.959. The maximum atomic E-state index is 11.8. The summed E-state index contributed by atoms with van der Waals surface area (Å²) in [7, 11) is 0. The zero-order chi connectivity index (χ0) is 18.7. The topological polar surface area (TPSA) is 141 Å². The van der Waals surface area contributed by atoms with Crippen LogP contribution in [0.15, 0.2) is 29.6 Å². The van der Waals surface area contributed by atoms with Gasteiger partial charge in [-0.1, -0.05) is 24.3 Å². The first kappa shape index (κ1) is 17.9. The number of nitrogens with one attached hydrogen (secondary N) is 3. The monoisotopic (exact) mass is 373 g/mol. The zero-order valence-corrected chi connectivity index (χ0v) is 14.7. The molecule has 0 radical (unpaired) electrons. The van der Waals surface area contributed by atoms with Crippen LogP contribution >= 0.6 is 11.3 Å². The van der Waals surface area contributed by atoms with Crippen LogP contribution in [0.25, 0.3) is 11.3 Å². The highest BCUT2D eigenvalue weighted by Crippen LogP contribution is 2.26. The van der Waals surface area contributed by atoms with Gasteiger partial charge in [-0.2, -0.15) is 0 Å². The third-order valence-corrected chi connectivity index (χ3v) is 5.00. The van der Waals surface area contributed by atoms with E-state index in [-0.39, 0.29) is 24.2 Å². The lowest BCUT2D eigenvalue weighted by atomic mass is 10.0. The van der Waals surface area contributed by atoms with Crippen molar-refractivity contribution in [2.75, 3.05) is 11.9 Å². The van der Waals surface area contributed by atoms with Crippen molar-refractivity contribution in [1.29, 1.82) is 5.41 Å². The summed E-state index contributed by atoms with van der Waals surface area (Å²) in [6.07, 6.45) is 0.364. The van der Waals surface area contributed by atoms with Crippen LogP contribution in [0.1, 0.15) is 18.4 Å². The van der Waals surface area contributed by atoms with Crippen molar-refractivity contribution in [2.45, 2.75) is 18.9 Å². The van der Waals surface area contributed by atoms with E-state index in [1.807, 2.05) is 17.5 Å². The van der Waals surface area contributed by atoms with Crippen molar-refractivity contribution in [3.8, 4) is 11.3 Å². The molecule has 8 nitrogen and oxygen atoms in total. The Labute approximate surface area is 154 Å². The number of carbonyl (C=O) groups is 2. The average molecular weight is 373 g/mol. The lowest BCUT2D eigenvalue weighted by Crippen LogP contribution is -2.32. The second-order valence-electron chi connectivity index (χ2n) is 6.15. The van der Waals surface area contributed by atoms with Crippen molar-refractivity contribution < 1.29 is 14.7 Å². The summed E-state index contributed by atoms with van der Waals surface area (Å²) in [6.45, 7) is 0.498. The number of nitrogens with two attached hydrogens (primary N) is 1.